The Balaban J connectivity index is 1.24. The van der Waals surface area contributed by atoms with Crippen LogP contribution in [0.3, 0.4) is 0 Å². The highest BCUT2D eigenvalue weighted by atomic mass is 16.7. The van der Waals surface area contributed by atoms with Crippen molar-refractivity contribution in [1.29, 1.82) is 0 Å². The SMILES string of the molecule is CCOc1ccccc1NC(=O)C[NH+]1CCC(C(=O)Nc2ccc3c(c2)OCO3)CC1. The molecule has 0 spiro atoms. The summed E-state index contributed by atoms with van der Waals surface area (Å²) >= 11 is 0. The molecule has 2 aliphatic heterocycles. The van der Waals surface area contributed by atoms with Gasteiger partial charge >= 0.3 is 0 Å². The highest BCUT2D eigenvalue weighted by Gasteiger charge is 2.29. The lowest BCUT2D eigenvalue weighted by molar-refractivity contribution is -0.897. The number of likely N-dealkylation sites (tertiary alicyclic amines) is 1. The van der Waals surface area contributed by atoms with Crippen LogP contribution in [-0.2, 0) is 9.59 Å². The molecule has 8 nitrogen and oxygen atoms in total. The molecule has 164 valence electrons. The van der Waals surface area contributed by atoms with Gasteiger partial charge in [-0.1, -0.05) is 12.1 Å². The predicted molar refractivity (Wildman–Crippen MR) is 116 cm³/mol. The number of hydrogen-bond donors (Lipinski definition) is 3. The van der Waals surface area contributed by atoms with Crippen LogP contribution in [0.1, 0.15) is 19.8 Å². The van der Waals surface area contributed by atoms with Gasteiger partial charge in [0.2, 0.25) is 12.7 Å². The van der Waals surface area contributed by atoms with Gasteiger partial charge in [0.1, 0.15) is 5.75 Å². The molecule has 1 saturated heterocycles. The molecule has 0 saturated carbocycles. The van der Waals surface area contributed by atoms with Crippen LogP contribution in [0, 0.1) is 5.92 Å². The Morgan fingerprint density at radius 2 is 1.84 bits per heavy atom. The van der Waals surface area contributed by atoms with Gasteiger partial charge in [-0.05, 0) is 31.2 Å². The maximum Gasteiger partial charge on any atom is 0.279 e. The summed E-state index contributed by atoms with van der Waals surface area (Å²) in [6.45, 7) is 4.59. The van der Waals surface area contributed by atoms with Crippen molar-refractivity contribution < 1.29 is 28.7 Å². The summed E-state index contributed by atoms with van der Waals surface area (Å²) in [4.78, 5) is 26.3. The van der Waals surface area contributed by atoms with Crippen molar-refractivity contribution in [2.75, 3.05) is 43.7 Å². The van der Waals surface area contributed by atoms with E-state index in [1.54, 1.807) is 12.1 Å². The summed E-state index contributed by atoms with van der Waals surface area (Å²) < 4.78 is 16.2. The second-order valence-electron chi connectivity index (χ2n) is 7.74. The Labute approximate surface area is 181 Å². The van der Waals surface area contributed by atoms with E-state index in [0.29, 0.717) is 41.8 Å². The van der Waals surface area contributed by atoms with E-state index < -0.39 is 0 Å². The Morgan fingerprint density at radius 3 is 2.65 bits per heavy atom. The summed E-state index contributed by atoms with van der Waals surface area (Å²) in [5.74, 6) is 1.91. The first kappa shape index (κ1) is 21.0. The van der Waals surface area contributed by atoms with Crippen molar-refractivity contribution in [2.45, 2.75) is 19.8 Å². The summed E-state index contributed by atoms with van der Waals surface area (Å²) in [5.41, 5.74) is 1.39. The fourth-order valence-corrected chi connectivity index (χ4v) is 3.96. The number of quaternary nitrogens is 1. The summed E-state index contributed by atoms with van der Waals surface area (Å²) in [7, 11) is 0. The zero-order valence-electron chi connectivity index (χ0n) is 17.6. The van der Waals surface area contributed by atoms with Crippen LogP contribution in [0.2, 0.25) is 0 Å². The van der Waals surface area contributed by atoms with Crippen LogP contribution in [0.5, 0.6) is 17.2 Å². The number of anilines is 2. The second kappa shape index (κ2) is 9.70. The van der Waals surface area contributed by atoms with Crippen LogP contribution >= 0.6 is 0 Å². The minimum Gasteiger partial charge on any atom is -0.492 e. The molecular weight excluding hydrogens is 398 g/mol. The first-order chi connectivity index (χ1) is 15.1. The largest absolute Gasteiger partial charge is 0.492 e. The van der Waals surface area contributed by atoms with Crippen LogP contribution in [0.15, 0.2) is 42.5 Å². The zero-order valence-corrected chi connectivity index (χ0v) is 17.6. The van der Waals surface area contributed by atoms with E-state index in [1.165, 1.54) is 4.90 Å². The third-order valence-corrected chi connectivity index (χ3v) is 5.58. The van der Waals surface area contributed by atoms with Crippen LogP contribution < -0.4 is 29.7 Å². The molecule has 0 aromatic heterocycles. The molecule has 3 N–H and O–H groups in total. The molecule has 2 heterocycles. The number of amides is 2. The Hall–Kier alpha value is -3.26. The minimum atomic E-state index is -0.0593. The van der Waals surface area contributed by atoms with Crippen molar-refractivity contribution in [2.24, 2.45) is 5.92 Å². The zero-order chi connectivity index (χ0) is 21.6. The van der Waals surface area contributed by atoms with Gasteiger partial charge in [-0.25, -0.2) is 0 Å². The molecule has 0 unspecified atom stereocenters. The molecule has 0 radical (unpaired) electrons. The van der Waals surface area contributed by atoms with E-state index in [-0.39, 0.29) is 24.5 Å². The third-order valence-electron chi connectivity index (χ3n) is 5.58. The molecule has 31 heavy (non-hydrogen) atoms. The van der Waals surface area contributed by atoms with E-state index >= 15 is 0 Å². The van der Waals surface area contributed by atoms with Gasteiger partial charge < -0.3 is 29.7 Å². The van der Waals surface area contributed by atoms with Crippen molar-refractivity contribution in [3.63, 3.8) is 0 Å². The maximum absolute atomic E-state index is 12.7. The topological polar surface area (TPSA) is 90.3 Å². The minimum absolute atomic E-state index is 0.00742. The van der Waals surface area contributed by atoms with Crippen LogP contribution in [0.4, 0.5) is 11.4 Å². The number of ether oxygens (including phenoxy) is 3. The lowest BCUT2D eigenvalue weighted by atomic mass is 9.95. The van der Waals surface area contributed by atoms with Gasteiger partial charge in [0.15, 0.2) is 18.0 Å². The molecule has 2 amide bonds. The number of carbonyl (C=O) groups is 2. The molecule has 1 fully saturated rings. The fraction of sp³-hybridized carbons (Fsp3) is 0.391. The summed E-state index contributed by atoms with van der Waals surface area (Å²) in [5, 5.41) is 5.91. The van der Waals surface area contributed by atoms with Crippen LogP contribution in [-0.4, -0.2) is 44.8 Å². The standard InChI is InChI=1S/C23H27N3O5/c1-2-29-19-6-4-3-5-18(19)25-22(27)14-26-11-9-16(10-12-26)23(28)24-17-7-8-20-21(13-17)31-15-30-20/h3-8,13,16H,2,9-12,14-15H2,1H3,(H,24,28)(H,25,27)/p+1. The molecule has 0 bridgehead atoms. The summed E-state index contributed by atoms with van der Waals surface area (Å²) in [6.07, 6.45) is 1.49. The molecular formula is C23H28N3O5+. The number of hydrogen-bond acceptors (Lipinski definition) is 5. The van der Waals surface area contributed by atoms with E-state index in [1.807, 2.05) is 37.3 Å². The van der Waals surface area contributed by atoms with Gasteiger partial charge in [-0.2, -0.15) is 0 Å². The van der Waals surface area contributed by atoms with Crippen LogP contribution in [0.25, 0.3) is 0 Å². The normalized spacial score (nSPS) is 19.5. The van der Waals surface area contributed by atoms with Gasteiger partial charge in [-0.15, -0.1) is 0 Å². The Kier molecular flexibility index (Phi) is 6.57. The van der Waals surface area contributed by atoms with E-state index in [4.69, 9.17) is 14.2 Å². The Morgan fingerprint density at radius 1 is 1.06 bits per heavy atom. The number of fused-ring (bicyclic) bond motifs is 1. The van der Waals surface area contributed by atoms with Gasteiger partial charge in [-0.3, -0.25) is 9.59 Å². The van der Waals surface area contributed by atoms with E-state index in [9.17, 15) is 9.59 Å². The quantitative estimate of drug-likeness (QED) is 0.627. The molecule has 2 aliphatic rings. The second-order valence-corrected chi connectivity index (χ2v) is 7.74. The molecule has 0 aliphatic carbocycles. The van der Waals surface area contributed by atoms with Crippen molar-refractivity contribution in [3.8, 4) is 17.2 Å². The van der Waals surface area contributed by atoms with Gasteiger partial charge in [0.05, 0.1) is 25.4 Å². The predicted octanol–water partition coefficient (Wildman–Crippen LogP) is 1.69. The fourth-order valence-electron chi connectivity index (χ4n) is 3.96. The molecule has 8 heteroatoms. The average Bonchev–Trinajstić information content (AvgIpc) is 3.24. The lowest BCUT2D eigenvalue weighted by Crippen LogP contribution is -3.14. The molecule has 0 atom stereocenters. The molecule has 2 aromatic rings. The third kappa shape index (κ3) is 5.27. The van der Waals surface area contributed by atoms with Gasteiger partial charge in [0.25, 0.3) is 5.91 Å². The number of piperidine rings is 1. The average molecular weight is 426 g/mol. The molecule has 4 rings (SSSR count). The maximum atomic E-state index is 12.7. The monoisotopic (exact) mass is 426 g/mol. The number of nitrogens with one attached hydrogen (secondary N) is 3. The van der Waals surface area contributed by atoms with Crippen molar-refractivity contribution in [3.05, 3.63) is 42.5 Å². The van der Waals surface area contributed by atoms with E-state index in [2.05, 4.69) is 10.6 Å². The number of para-hydroxylation sites is 2. The van der Waals surface area contributed by atoms with E-state index in [0.717, 1.165) is 25.9 Å². The highest BCUT2D eigenvalue weighted by Crippen LogP contribution is 2.34. The van der Waals surface area contributed by atoms with Crippen molar-refractivity contribution in [1.82, 2.24) is 0 Å². The summed E-state index contributed by atoms with van der Waals surface area (Å²) in [6, 6.07) is 12.8. The Bertz CT molecular complexity index is 941. The smallest absolute Gasteiger partial charge is 0.279 e. The first-order valence-electron chi connectivity index (χ1n) is 10.7. The number of benzene rings is 2. The van der Waals surface area contributed by atoms with Gasteiger partial charge in [0, 0.05) is 30.5 Å². The highest BCUT2D eigenvalue weighted by molar-refractivity contribution is 5.93. The first-order valence-corrected chi connectivity index (χ1v) is 10.7. The lowest BCUT2D eigenvalue weighted by Gasteiger charge is -2.28. The molecule has 2 aromatic carbocycles. The van der Waals surface area contributed by atoms with Crippen molar-refractivity contribution >= 4 is 23.2 Å². The number of rotatable bonds is 7. The number of carbonyl (C=O) groups excluding carboxylic acids is 2.